The number of anilines is 1. The Morgan fingerprint density at radius 1 is 1.10 bits per heavy atom. The summed E-state index contributed by atoms with van der Waals surface area (Å²) < 4.78 is 27.1. The first-order chi connectivity index (χ1) is 14.9. The highest BCUT2D eigenvalue weighted by atomic mass is 79.9. The average molecular weight is 516 g/mol. The monoisotopic (exact) mass is 515 g/mol. The molecule has 158 valence electrons. The smallest absolute Gasteiger partial charge is 0.261 e. The summed E-state index contributed by atoms with van der Waals surface area (Å²) in [6.45, 7) is 1.73. The molecule has 0 atom stereocenters. The fourth-order valence-electron chi connectivity index (χ4n) is 3.10. The molecule has 0 aliphatic rings. The van der Waals surface area contributed by atoms with Crippen LogP contribution in [0.15, 0.2) is 76.2 Å². The van der Waals surface area contributed by atoms with Crippen molar-refractivity contribution in [2.75, 3.05) is 10.7 Å². The number of carbonyl (C=O) groups is 1. The quantitative estimate of drug-likeness (QED) is 0.357. The molecule has 0 bridgehead atoms. The van der Waals surface area contributed by atoms with E-state index >= 15 is 0 Å². The SMILES string of the molecule is CCS(=O)(=O)c1ccccc1C(=O)N(Cc1ccccn1)c1nc2ccc(Br)cc2s1. The van der Waals surface area contributed by atoms with Gasteiger partial charge in [0.05, 0.1) is 38.7 Å². The number of thiazole rings is 1. The van der Waals surface area contributed by atoms with Gasteiger partial charge in [0.25, 0.3) is 5.91 Å². The third-order valence-corrected chi connectivity index (χ3v) is 8.01. The van der Waals surface area contributed by atoms with Crippen LogP contribution in [0.5, 0.6) is 0 Å². The molecule has 6 nitrogen and oxygen atoms in total. The van der Waals surface area contributed by atoms with Crippen LogP contribution in [-0.2, 0) is 16.4 Å². The molecule has 0 spiro atoms. The fraction of sp³-hybridized carbons (Fsp3) is 0.136. The molecule has 1 amide bonds. The molecule has 2 aromatic heterocycles. The number of hydrogen-bond acceptors (Lipinski definition) is 6. The average Bonchev–Trinajstić information content (AvgIpc) is 3.20. The van der Waals surface area contributed by atoms with Crippen LogP contribution < -0.4 is 4.90 Å². The number of amides is 1. The highest BCUT2D eigenvalue weighted by molar-refractivity contribution is 9.10. The molecule has 0 N–H and O–H groups in total. The lowest BCUT2D eigenvalue weighted by atomic mass is 10.2. The van der Waals surface area contributed by atoms with Gasteiger partial charge in [0, 0.05) is 10.7 Å². The second-order valence-electron chi connectivity index (χ2n) is 6.72. The summed E-state index contributed by atoms with van der Waals surface area (Å²) in [7, 11) is -3.58. The van der Waals surface area contributed by atoms with Gasteiger partial charge in [-0.15, -0.1) is 0 Å². The summed E-state index contributed by atoms with van der Waals surface area (Å²) in [6, 6.07) is 17.5. The summed E-state index contributed by atoms with van der Waals surface area (Å²) in [4.78, 5) is 24.2. The molecule has 0 aliphatic heterocycles. The first kappa shape index (κ1) is 21.6. The van der Waals surface area contributed by atoms with Crippen LogP contribution >= 0.6 is 27.3 Å². The maximum atomic E-state index is 13.7. The van der Waals surface area contributed by atoms with Gasteiger partial charge >= 0.3 is 0 Å². The predicted molar refractivity (Wildman–Crippen MR) is 126 cm³/mol. The van der Waals surface area contributed by atoms with E-state index in [2.05, 4.69) is 25.9 Å². The van der Waals surface area contributed by atoms with Gasteiger partial charge in [0.1, 0.15) is 0 Å². The Hall–Kier alpha value is -2.62. The van der Waals surface area contributed by atoms with Gasteiger partial charge in [0.15, 0.2) is 15.0 Å². The normalized spacial score (nSPS) is 11.5. The van der Waals surface area contributed by atoms with E-state index in [1.807, 2.05) is 30.3 Å². The Kier molecular flexibility index (Phi) is 6.17. The van der Waals surface area contributed by atoms with Gasteiger partial charge in [0.2, 0.25) is 0 Å². The molecular weight excluding hydrogens is 498 g/mol. The molecule has 0 fully saturated rings. The van der Waals surface area contributed by atoms with Crippen molar-refractivity contribution >= 4 is 58.4 Å². The highest BCUT2D eigenvalue weighted by Crippen LogP contribution is 2.33. The number of carbonyl (C=O) groups excluding carboxylic acids is 1. The number of hydrogen-bond donors (Lipinski definition) is 0. The summed E-state index contributed by atoms with van der Waals surface area (Å²) in [5.41, 5.74) is 1.56. The van der Waals surface area contributed by atoms with E-state index < -0.39 is 15.7 Å². The maximum absolute atomic E-state index is 13.7. The minimum Gasteiger partial charge on any atom is -0.278 e. The number of fused-ring (bicyclic) bond motifs is 1. The molecule has 2 heterocycles. The molecule has 4 aromatic rings. The number of halogens is 1. The van der Waals surface area contributed by atoms with Crippen molar-refractivity contribution in [1.82, 2.24) is 9.97 Å². The van der Waals surface area contributed by atoms with Gasteiger partial charge in [-0.1, -0.05) is 52.4 Å². The Balaban J connectivity index is 1.84. The van der Waals surface area contributed by atoms with Gasteiger partial charge in [-0.25, -0.2) is 13.4 Å². The number of nitrogens with zero attached hydrogens (tertiary/aromatic N) is 3. The lowest BCUT2D eigenvalue weighted by molar-refractivity contribution is 0.0981. The molecule has 0 radical (unpaired) electrons. The third-order valence-electron chi connectivity index (χ3n) is 4.69. The second kappa shape index (κ2) is 8.86. The van der Waals surface area contributed by atoms with E-state index in [1.54, 1.807) is 37.4 Å². The molecule has 2 aromatic carbocycles. The topological polar surface area (TPSA) is 80.2 Å². The van der Waals surface area contributed by atoms with Crippen molar-refractivity contribution in [2.45, 2.75) is 18.4 Å². The van der Waals surface area contributed by atoms with E-state index in [4.69, 9.17) is 0 Å². The molecule has 0 aliphatic carbocycles. The fourth-order valence-corrected chi connectivity index (χ4v) is 5.70. The zero-order chi connectivity index (χ0) is 22.0. The van der Waals surface area contributed by atoms with Crippen molar-refractivity contribution in [3.05, 3.63) is 82.6 Å². The Labute approximate surface area is 192 Å². The van der Waals surface area contributed by atoms with Crippen molar-refractivity contribution in [3.63, 3.8) is 0 Å². The second-order valence-corrected chi connectivity index (χ2v) is 10.9. The standard InChI is InChI=1S/C22H18BrN3O3S2/c1-2-31(28,29)20-9-4-3-8-17(20)21(27)26(14-16-7-5-6-12-24-16)22-25-18-11-10-15(23)13-19(18)30-22/h3-13H,2,14H2,1H3. The van der Waals surface area contributed by atoms with Crippen LogP contribution in [0, 0.1) is 0 Å². The maximum Gasteiger partial charge on any atom is 0.261 e. The van der Waals surface area contributed by atoms with Crippen molar-refractivity contribution < 1.29 is 13.2 Å². The molecular formula is C22H18BrN3O3S2. The number of pyridine rings is 1. The Morgan fingerprint density at radius 3 is 2.61 bits per heavy atom. The van der Waals surface area contributed by atoms with E-state index in [0.717, 1.165) is 14.7 Å². The largest absolute Gasteiger partial charge is 0.278 e. The van der Waals surface area contributed by atoms with E-state index in [-0.39, 0.29) is 22.8 Å². The molecule has 31 heavy (non-hydrogen) atoms. The van der Waals surface area contributed by atoms with E-state index in [1.165, 1.54) is 22.3 Å². The van der Waals surface area contributed by atoms with Crippen LogP contribution in [-0.4, -0.2) is 30.0 Å². The Morgan fingerprint density at radius 2 is 1.87 bits per heavy atom. The van der Waals surface area contributed by atoms with E-state index in [9.17, 15) is 13.2 Å². The first-order valence-corrected chi connectivity index (χ1v) is 12.7. The minimum absolute atomic E-state index is 0.0253. The van der Waals surface area contributed by atoms with Crippen LogP contribution in [0.4, 0.5) is 5.13 Å². The molecule has 0 saturated carbocycles. The Bertz CT molecular complexity index is 1350. The third kappa shape index (κ3) is 4.53. The minimum atomic E-state index is -3.58. The zero-order valence-corrected chi connectivity index (χ0v) is 19.7. The van der Waals surface area contributed by atoms with Crippen LogP contribution in [0.25, 0.3) is 10.2 Å². The van der Waals surface area contributed by atoms with Gasteiger partial charge in [-0.05, 0) is 42.5 Å². The molecule has 4 rings (SSSR count). The molecule has 0 unspecified atom stereocenters. The zero-order valence-electron chi connectivity index (χ0n) is 16.5. The van der Waals surface area contributed by atoms with Gasteiger partial charge in [-0.2, -0.15) is 0 Å². The van der Waals surface area contributed by atoms with Crippen LogP contribution in [0.3, 0.4) is 0 Å². The van der Waals surface area contributed by atoms with Crippen molar-refractivity contribution in [2.24, 2.45) is 0 Å². The summed E-state index contributed by atoms with van der Waals surface area (Å²) in [5.74, 6) is -0.524. The van der Waals surface area contributed by atoms with E-state index in [0.29, 0.717) is 10.8 Å². The lowest BCUT2D eigenvalue weighted by Crippen LogP contribution is -2.32. The van der Waals surface area contributed by atoms with Crippen LogP contribution in [0.1, 0.15) is 23.0 Å². The highest BCUT2D eigenvalue weighted by Gasteiger charge is 2.27. The van der Waals surface area contributed by atoms with Crippen molar-refractivity contribution in [3.8, 4) is 0 Å². The number of sulfone groups is 1. The predicted octanol–water partition coefficient (Wildman–Crippen LogP) is 5.09. The summed E-state index contributed by atoms with van der Waals surface area (Å²) >= 11 is 4.83. The first-order valence-electron chi connectivity index (χ1n) is 9.48. The summed E-state index contributed by atoms with van der Waals surface area (Å²) in [6.07, 6.45) is 1.66. The number of aromatic nitrogens is 2. The number of rotatable bonds is 6. The molecule has 0 saturated heterocycles. The van der Waals surface area contributed by atoms with Gasteiger partial charge in [-0.3, -0.25) is 14.7 Å². The lowest BCUT2D eigenvalue weighted by Gasteiger charge is -2.21. The number of benzene rings is 2. The van der Waals surface area contributed by atoms with Crippen molar-refractivity contribution in [1.29, 1.82) is 0 Å². The van der Waals surface area contributed by atoms with Crippen LogP contribution in [0.2, 0.25) is 0 Å². The molecule has 9 heteroatoms. The van der Waals surface area contributed by atoms with Gasteiger partial charge < -0.3 is 0 Å². The summed E-state index contributed by atoms with van der Waals surface area (Å²) in [5, 5.41) is 0.479.